The van der Waals surface area contributed by atoms with Gasteiger partial charge in [-0.2, -0.15) is 0 Å². The zero-order chi connectivity index (χ0) is 15.7. The van der Waals surface area contributed by atoms with Crippen LogP contribution in [0.15, 0.2) is 36.5 Å². The molecule has 5 nitrogen and oxygen atoms in total. The SMILES string of the molecule is Cc1ccnc(C(=O)NC2CCc3ccccc3C2=O)c1O. The van der Waals surface area contributed by atoms with Crippen molar-refractivity contribution in [2.24, 2.45) is 0 Å². The molecule has 5 heteroatoms. The van der Waals surface area contributed by atoms with Crippen LogP contribution in [0.1, 0.15) is 38.4 Å². The maximum atomic E-state index is 12.4. The first-order valence-electron chi connectivity index (χ1n) is 7.15. The summed E-state index contributed by atoms with van der Waals surface area (Å²) in [7, 11) is 0. The quantitative estimate of drug-likeness (QED) is 0.888. The molecule has 0 fully saturated rings. The van der Waals surface area contributed by atoms with E-state index in [2.05, 4.69) is 10.3 Å². The minimum absolute atomic E-state index is 0.0494. The number of fused-ring (bicyclic) bond motifs is 1. The highest BCUT2D eigenvalue weighted by Crippen LogP contribution is 2.23. The Balaban J connectivity index is 1.81. The second-order valence-corrected chi connectivity index (χ2v) is 5.41. The van der Waals surface area contributed by atoms with E-state index in [-0.39, 0.29) is 17.2 Å². The fraction of sp³-hybridized carbons (Fsp3) is 0.235. The lowest BCUT2D eigenvalue weighted by atomic mass is 9.87. The number of hydrogen-bond donors (Lipinski definition) is 2. The molecule has 3 rings (SSSR count). The standard InChI is InChI=1S/C17H16N2O3/c1-10-8-9-18-14(15(10)20)17(22)19-13-7-6-11-4-2-3-5-12(11)16(13)21/h2-5,8-9,13,20H,6-7H2,1H3,(H,19,22). The Kier molecular flexibility index (Phi) is 3.63. The Bertz CT molecular complexity index is 755. The van der Waals surface area contributed by atoms with Gasteiger partial charge in [0.25, 0.3) is 5.91 Å². The smallest absolute Gasteiger partial charge is 0.274 e. The van der Waals surface area contributed by atoms with Gasteiger partial charge < -0.3 is 10.4 Å². The molecule has 0 radical (unpaired) electrons. The highest BCUT2D eigenvalue weighted by molar-refractivity contribution is 6.06. The zero-order valence-electron chi connectivity index (χ0n) is 12.2. The Morgan fingerprint density at radius 3 is 2.91 bits per heavy atom. The number of rotatable bonds is 2. The molecule has 0 saturated carbocycles. The van der Waals surface area contributed by atoms with E-state index in [1.165, 1.54) is 6.20 Å². The molecule has 1 amide bonds. The molecular formula is C17H16N2O3. The predicted molar refractivity (Wildman–Crippen MR) is 81.0 cm³/mol. The van der Waals surface area contributed by atoms with E-state index >= 15 is 0 Å². The lowest BCUT2D eigenvalue weighted by Crippen LogP contribution is -2.43. The number of aromatic nitrogens is 1. The number of nitrogens with zero attached hydrogens (tertiary/aromatic N) is 1. The zero-order valence-corrected chi connectivity index (χ0v) is 12.2. The van der Waals surface area contributed by atoms with Gasteiger partial charge in [-0.3, -0.25) is 9.59 Å². The van der Waals surface area contributed by atoms with Crippen molar-refractivity contribution in [3.8, 4) is 5.75 Å². The molecule has 1 aliphatic carbocycles. The Labute approximate surface area is 128 Å². The van der Waals surface area contributed by atoms with E-state index in [0.717, 1.165) is 12.0 Å². The molecule has 112 valence electrons. The molecule has 1 aliphatic rings. The summed E-state index contributed by atoms with van der Waals surface area (Å²) in [4.78, 5) is 28.6. The Morgan fingerprint density at radius 1 is 1.32 bits per heavy atom. The minimum Gasteiger partial charge on any atom is -0.505 e. The lowest BCUT2D eigenvalue weighted by Gasteiger charge is -2.24. The minimum atomic E-state index is -0.580. The number of benzene rings is 1. The third-order valence-corrected chi connectivity index (χ3v) is 3.95. The third kappa shape index (κ3) is 2.45. The number of carbonyl (C=O) groups excluding carboxylic acids is 2. The highest BCUT2D eigenvalue weighted by atomic mass is 16.3. The number of carbonyl (C=O) groups is 2. The van der Waals surface area contributed by atoms with Gasteiger partial charge in [0.2, 0.25) is 0 Å². The number of Topliss-reactive ketones (excluding diaryl/α,β-unsaturated/α-hetero) is 1. The van der Waals surface area contributed by atoms with Gasteiger partial charge in [0.15, 0.2) is 11.5 Å². The van der Waals surface area contributed by atoms with Crippen LogP contribution in [0.4, 0.5) is 0 Å². The van der Waals surface area contributed by atoms with Crippen LogP contribution in [0, 0.1) is 6.92 Å². The molecule has 0 aliphatic heterocycles. The fourth-order valence-corrected chi connectivity index (χ4v) is 2.68. The molecule has 1 atom stereocenters. The maximum Gasteiger partial charge on any atom is 0.274 e. The molecule has 1 unspecified atom stereocenters. The first-order valence-corrected chi connectivity index (χ1v) is 7.15. The molecule has 2 N–H and O–H groups in total. The van der Waals surface area contributed by atoms with E-state index in [4.69, 9.17) is 0 Å². The molecule has 1 aromatic carbocycles. The van der Waals surface area contributed by atoms with Crippen LogP contribution in [0.3, 0.4) is 0 Å². The summed E-state index contributed by atoms with van der Waals surface area (Å²) in [6, 6.07) is 8.46. The van der Waals surface area contributed by atoms with Gasteiger partial charge in [-0.15, -0.1) is 0 Å². The van der Waals surface area contributed by atoms with E-state index < -0.39 is 11.9 Å². The topological polar surface area (TPSA) is 79.3 Å². The Morgan fingerprint density at radius 2 is 2.09 bits per heavy atom. The van der Waals surface area contributed by atoms with Crippen molar-refractivity contribution in [2.75, 3.05) is 0 Å². The number of ketones is 1. The second-order valence-electron chi connectivity index (χ2n) is 5.41. The van der Waals surface area contributed by atoms with Gasteiger partial charge in [-0.05, 0) is 37.0 Å². The predicted octanol–water partition coefficient (Wildman–Crippen LogP) is 2.02. The van der Waals surface area contributed by atoms with E-state index in [0.29, 0.717) is 17.5 Å². The Hall–Kier alpha value is -2.69. The average Bonchev–Trinajstić information content (AvgIpc) is 2.53. The van der Waals surface area contributed by atoms with Gasteiger partial charge >= 0.3 is 0 Å². The molecule has 1 aromatic heterocycles. The first kappa shape index (κ1) is 14.3. The van der Waals surface area contributed by atoms with Gasteiger partial charge in [0.1, 0.15) is 5.75 Å². The van der Waals surface area contributed by atoms with Gasteiger partial charge in [-0.25, -0.2) is 4.98 Å². The van der Waals surface area contributed by atoms with Crippen molar-refractivity contribution in [2.45, 2.75) is 25.8 Å². The van der Waals surface area contributed by atoms with Crippen molar-refractivity contribution in [1.82, 2.24) is 10.3 Å². The largest absolute Gasteiger partial charge is 0.505 e. The van der Waals surface area contributed by atoms with Crippen molar-refractivity contribution in [1.29, 1.82) is 0 Å². The normalized spacial score (nSPS) is 17.0. The van der Waals surface area contributed by atoms with Crippen LogP contribution in [0.25, 0.3) is 0 Å². The summed E-state index contributed by atoms with van der Waals surface area (Å²) < 4.78 is 0. The van der Waals surface area contributed by atoms with Crippen molar-refractivity contribution in [3.63, 3.8) is 0 Å². The summed E-state index contributed by atoms with van der Waals surface area (Å²) in [6.45, 7) is 1.69. The average molecular weight is 296 g/mol. The van der Waals surface area contributed by atoms with Crippen molar-refractivity contribution >= 4 is 11.7 Å². The van der Waals surface area contributed by atoms with Crippen molar-refractivity contribution < 1.29 is 14.7 Å². The fourth-order valence-electron chi connectivity index (χ4n) is 2.68. The monoisotopic (exact) mass is 296 g/mol. The van der Waals surface area contributed by atoms with Crippen LogP contribution in [-0.2, 0) is 6.42 Å². The van der Waals surface area contributed by atoms with Crippen LogP contribution >= 0.6 is 0 Å². The van der Waals surface area contributed by atoms with Gasteiger partial charge in [0.05, 0.1) is 6.04 Å². The van der Waals surface area contributed by atoms with E-state index in [1.807, 2.05) is 18.2 Å². The summed E-state index contributed by atoms with van der Waals surface area (Å²) in [5.41, 5.74) is 2.18. The number of pyridine rings is 1. The van der Waals surface area contributed by atoms with Crippen LogP contribution in [0.2, 0.25) is 0 Å². The first-order chi connectivity index (χ1) is 10.6. The van der Waals surface area contributed by atoms with Crippen LogP contribution in [0.5, 0.6) is 5.75 Å². The summed E-state index contributed by atoms with van der Waals surface area (Å²) in [5, 5.41) is 12.6. The van der Waals surface area contributed by atoms with Crippen LogP contribution in [-0.4, -0.2) is 27.8 Å². The number of nitrogens with one attached hydrogen (secondary N) is 1. The number of hydrogen-bond acceptors (Lipinski definition) is 4. The number of aryl methyl sites for hydroxylation is 2. The molecule has 0 saturated heterocycles. The maximum absolute atomic E-state index is 12.4. The molecule has 0 spiro atoms. The van der Waals surface area contributed by atoms with Gasteiger partial charge in [0, 0.05) is 11.8 Å². The van der Waals surface area contributed by atoms with Crippen molar-refractivity contribution in [3.05, 3.63) is 58.9 Å². The summed E-state index contributed by atoms with van der Waals surface area (Å²) in [5.74, 6) is -0.773. The summed E-state index contributed by atoms with van der Waals surface area (Å²) >= 11 is 0. The van der Waals surface area contributed by atoms with E-state index in [9.17, 15) is 14.7 Å². The molecular weight excluding hydrogens is 280 g/mol. The second kappa shape index (κ2) is 5.60. The molecule has 22 heavy (non-hydrogen) atoms. The highest BCUT2D eigenvalue weighted by Gasteiger charge is 2.29. The summed E-state index contributed by atoms with van der Waals surface area (Å²) in [6.07, 6.45) is 2.75. The van der Waals surface area contributed by atoms with Gasteiger partial charge in [-0.1, -0.05) is 24.3 Å². The van der Waals surface area contributed by atoms with Crippen LogP contribution < -0.4 is 5.32 Å². The number of aromatic hydroxyl groups is 1. The lowest BCUT2D eigenvalue weighted by molar-refractivity contribution is 0.0841. The van der Waals surface area contributed by atoms with E-state index in [1.54, 1.807) is 19.1 Å². The molecule has 2 aromatic rings. The molecule has 1 heterocycles. The molecule has 0 bridgehead atoms. The third-order valence-electron chi connectivity index (χ3n) is 3.95. The number of amides is 1.